The van der Waals surface area contributed by atoms with Crippen molar-refractivity contribution in [3.63, 3.8) is 0 Å². The third-order valence-electron chi connectivity index (χ3n) is 14.4. The molecule has 6 amide bonds. The summed E-state index contributed by atoms with van der Waals surface area (Å²) < 4.78 is 21.5. The number of methoxy groups -OCH3 is 1. The van der Waals surface area contributed by atoms with Crippen molar-refractivity contribution < 1.29 is 57.3 Å². The molecule has 0 aromatic heterocycles. The molecule has 0 spiro atoms. The fraction of sp³-hybridized carbons (Fsp3) is 0.524. The Bertz CT molecular complexity index is 2750. The maximum Gasteiger partial charge on any atom is 0.407 e. The predicted molar refractivity (Wildman–Crippen MR) is 309 cm³/mol. The molecule has 4 aromatic carbocycles. The largest absolute Gasteiger partial charge is 0.467 e. The topological polar surface area (TPSA) is 246 Å². The lowest BCUT2D eigenvalue weighted by molar-refractivity contribution is -0.158. The van der Waals surface area contributed by atoms with Crippen LogP contribution in [0.2, 0.25) is 0 Å². The minimum absolute atomic E-state index is 0.00366. The molecule has 438 valence electrons. The Kier molecular flexibility index (Phi) is 23.5. The predicted octanol–water partition coefficient (Wildman–Crippen LogP) is 8.85. The molecule has 4 aromatic rings. The molecule has 18 nitrogen and oxygen atoms in total. The maximum atomic E-state index is 13.9. The molecular formula is C63H84N6O12. The van der Waals surface area contributed by atoms with Crippen LogP contribution in [0.3, 0.4) is 0 Å². The van der Waals surface area contributed by atoms with E-state index in [1.54, 1.807) is 41.5 Å². The van der Waals surface area contributed by atoms with Gasteiger partial charge in [-0.25, -0.2) is 19.2 Å². The summed E-state index contributed by atoms with van der Waals surface area (Å²) in [6, 6.07) is 26.3. The minimum Gasteiger partial charge on any atom is -0.467 e. The lowest BCUT2D eigenvalue weighted by atomic mass is 9.81. The Balaban J connectivity index is 0.903. The van der Waals surface area contributed by atoms with Crippen LogP contribution >= 0.6 is 0 Å². The summed E-state index contributed by atoms with van der Waals surface area (Å²) in [5.74, 6) is -2.68. The zero-order valence-electron chi connectivity index (χ0n) is 48.3. The van der Waals surface area contributed by atoms with Crippen molar-refractivity contribution in [2.45, 2.75) is 167 Å². The summed E-state index contributed by atoms with van der Waals surface area (Å²) in [7, 11) is 1.19. The zero-order chi connectivity index (χ0) is 58.5. The minimum atomic E-state index is -1.22. The smallest absolute Gasteiger partial charge is 0.407 e. The van der Waals surface area contributed by atoms with Crippen LogP contribution in [0.25, 0.3) is 21.9 Å². The highest BCUT2D eigenvalue weighted by molar-refractivity contribution is 5.90. The maximum absolute atomic E-state index is 13.9. The number of urea groups is 1. The van der Waals surface area contributed by atoms with Gasteiger partial charge >= 0.3 is 30.0 Å². The van der Waals surface area contributed by atoms with E-state index in [9.17, 15) is 38.4 Å². The van der Waals surface area contributed by atoms with E-state index in [2.05, 4.69) is 56.2 Å². The molecule has 2 aliphatic carbocycles. The van der Waals surface area contributed by atoms with Crippen LogP contribution in [0.15, 0.2) is 91.0 Å². The highest BCUT2D eigenvalue weighted by atomic mass is 16.6. The van der Waals surface area contributed by atoms with E-state index in [1.165, 1.54) is 18.2 Å². The standard InChI is InChI=1S/C63H84N6O12/c1-62(2,3)80-55(71)34-33-52(59(75)81-63(4,5)6)69-60(76)68-51(58(74)78-7)25-16-18-35-64-57(73)53(38-42-29-30-43-19-10-11-20-45(43)37-42)67-56(72)44-31-27-41(28-32-44)39-66-54(70)26-9-8-17-36-65-61(77)79-40-50-48-23-14-12-21-46(48)47-22-13-15-24-49(47)50/h10-15,19-24,29-30,37,41,44,50-53H,8-9,16-18,25-28,31-36,38-40H2,1-7H3,(H,64,73)(H,65,77)(H,66,70)(H,67,72)(H2,68,69,76)/t41?,44?,51-,52-,53-/m0/s1. The number of carbonyl (C=O) groups excluding carboxylic acids is 8. The average molecular weight is 1120 g/mol. The Morgan fingerprint density at radius 2 is 1.19 bits per heavy atom. The molecular weight excluding hydrogens is 1030 g/mol. The number of ether oxygens (including phenoxy) is 4. The number of rotatable bonds is 27. The van der Waals surface area contributed by atoms with Crippen LogP contribution < -0.4 is 31.9 Å². The molecule has 0 heterocycles. The molecule has 0 radical (unpaired) electrons. The summed E-state index contributed by atoms with van der Waals surface area (Å²) in [4.78, 5) is 105. The second kappa shape index (κ2) is 30.4. The van der Waals surface area contributed by atoms with Gasteiger partial charge in [-0.1, -0.05) is 97.4 Å². The molecule has 0 unspecified atom stereocenters. The molecule has 0 bridgehead atoms. The third-order valence-corrected chi connectivity index (χ3v) is 14.4. The number of unbranched alkanes of at least 4 members (excludes halogenated alkanes) is 3. The molecule has 0 saturated heterocycles. The SMILES string of the molecule is COC(=O)[C@H](CCCCNC(=O)[C@H](Cc1ccc2ccccc2c1)NC(=O)C1CCC(CNC(=O)CCCCCNC(=O)OCC2c3ccccc3-c3ccccc32)CC1)NC(=O)N[C@@H](CCC(=O)OC(C)(C)C)C(=O)OC(C)(C)C. The van der Waals surface area contributed by atoms with Crippen molar-refractivity contribution >= 4 is 58.5 Å². The molecule has 1 fully saturated rings. The van der Waals surface area contributed by atoms with Gasteiger partial charge in [0.2, 0.25) is 17.7 Å². The summed E-state index contributed by atoms with van der Waals surface area (Å²) in [6.45, 7) is 11.6. The van der Waals surface area contributed by atoms with Gasteiger partial charge in [0.25, 0.3) is 0 Å². The van der Waals surface area contributed by atoms with E-state index in [0.29, 0.717) is 51.6 Å². The highest BCUT2D eigenvalue weighted by Crippen LogP contribution is 2.44. The number of alkyl carbamates (subject to hydrolysis) is 1. The molecule has 0 aliphatic heterocycles. The highest BCUT2D eigenvalue weighted by Gasteiger charge is 2.33. The van der Waals surface area contributed by atoms with Crippen LogP contribution in [-0.4, -0.2) is 110 Å². The van der Waals surface area contributed by atoms with Crippen LogP contribution in [-0.2, 0) is 54.1 Å². The third kappa shape index (κ3) is 20.5. The van der Waals surface area contributed by atoms with Gasteiger partial charge in [0, 0.05) is 50.7 Å². The Hall–Kier alpha value is -7.50. The summed E-state index contributed by atoms with van der Waals surface area (Å²) >= 11 is 0. The van der Waals surface area contributed by atoms with Crippen molar-refractivity contribution in [1.82, 2.24) is 31.9 Å². The molecule has 81 heavy (non-hydrogen) atoms. The van der Waals surface area contributed by atoms with Crippen LogP contribution in [0.5, 0.6) is 0 Å². The van der Waals surface area contributed by atoms with Gasteiger partial charge in [-0.2, -0.15) is 0 Å². The molecule has 6 rings (SSSR count). The van der Waals surface area contributed by atoms with E-state index < -0.39 is 59.4 Å². The molecule has 18 heteroatoms. The molecule has 2 aliphatic rings. The number of carbonyl (C=O) groups is 8. The van der Waals surface area contributed by atoms with Gasteiger partial charge in [0.1, 0.15) is 35.9 Å². The lowest BCUT2D eigenvalue weighted by Gasteiger charge is -2.29. The van der Waals surface area contributed by atoms with Crippen molar-refractivity contribution in [1.29, 1.82) is 0 Å². The molecule has 1 saturated carbocycles. The van der Waals surface area contributed by atoms with Gasteiger partial charge < -0.3 is 50.8 Å². The number of amides is 6. The van der Waals surface area contributed by atoms with E-state index in [-0.39, 0.29) is 74.3 Å². The number of hydrogen-bond acceptors (Lipinski definition) is 12. The lowest BCUT2D eigenvalue weighted by Crippen LogP contribution is -2.52. The van der Waals surface area contributed by atoms with Crippen LogP contribution in [0, 0.1) is 11.8 Å². The first-order valence-electron chi connectivity index (χ1n) is 28.7. The normalized spacial score (nSPS) is 16.0. The first kappa shape index (κ1) is 62.7. The first-order chi connectivity index (χ1) is 38.7. The molecule has 3 atom stereocenters. The number of esters is 3. The van der Waals surface area contributed by atoms with Gasteiger partial charge in [-0.3, -0.25) is 19.2 Å². The number of nitrogens with one attached hydrogen (secondary N) is 6. The monoisotopic (exact) mass is 1120 g/mol. The van der Waals surface area contributed by atoms with E-state index in [4.69, 9.17) is 18.9 Å². The van der Waals surface area contributed by atoms with Crippen molar-refractivity contribution in [3.05, 3.63) is 108 Å². The summed E-state index contributed by atoms with van der Waals surface area (Å²) in [5.41, 5.74) is 3.93. The van der Waals surface area contributed by atoms with Gasteiger partial charge in [-0.05, 0) is 150 Å². The Labute approximate surface area is 476 Å². The van der Waals surface area contributed by atoms with E-state index >= 15 is 0 Å². The second-order valence-electron chi connectivity index (χ2n) is 23.2. The Morgan fingerprint density at radius 1 is 0.580 bits per heavy atom. The fourth-order valence-electron chi connectivity index (χ4n) is 10.3. The fourth-order valence-corrected chi connectivity index (χ4v) is 10.3. The van der Waals surface area contributed by atoms with Gasteiger partial charge in [0.15, 0.2) is 0 Å². The van der Waals surface area contributed by atoms with Crippen molar-refractivity contribution in [2.24, 2.45) is 11.8 Å². The van der Waals surface area contributed by atoms with E-state index in [1.807, 2.05) is 66.7 Å². The zero-order valence-corrected chi connectivity index (χ0v) is 48.3. The van der Waals surface area contributed by atoms with Crippen molar-refractivity contribution in [2.75, 3.05) is 33.4 Å². The Morgan fingerprint density at radius 3 is 1.84 bits per heavy atom. The molecule has 6 N–H and O–H groups in total. The average Bonchev–Trinajstić information content (AvgIpc) is 3.95. The van der Waals surface area contributed by atoms with Crippen molar-refractivity contribution in [3.8, 4) is 11.1 Å². The number of fused-ring (bicyclic) bond motifs is 4. The van der Waals surface area contributed by atoms with E-state index in [0.717, 1.165) is 53.1 Å². The van der Waals surface area contributed by atoms with Crippen LogP contribution in [0.4, 0.5) is 9.59 Å². The van der Waals surface area contributed by atoms with Gasteiger partial charge in [0.05, 0.1) is 7.11 Å². The van der Waals surface area contributed by atoms with Gasteiger partial charge in [-0.15, -0.1) is 0 Å². The first-order valence-corrected chi connectivity index (χ1v) is 28.7. The number of benzene rings is 4. The van der Waals surface area contributed by atoms with Crippen LogP contribution in [0.1, 0.15) is 148 Å². The quantitative estimate of drug-likeness (QED) is 0.0186. The number of hydrogen-bond donors (Lipinski definition) is 6. The second-order valence-corrected chi connectivity index (χ2v) is 23.2. The summed E-state index contributed by atoms with van der Waals surface area (Å²) in [6.07, 6.45) is 5.77. The summed E-state index contributed by atoms with van der Waals surface area (Å²) in [5, 5.41) is 19.1.